The molecule has 3 rings (SSSR count). The highest BCUT2D eigenvalue weighted by atomic mass is 16.7. The maximum Gasteiger partial charge on any atom is 0.168 e. The summed E-state index contributed by atoms with van der Waals surface area (Å²) < 4.78 is 11.6. The number of hydrogen-bond acceptors (Lipinski definition) is 5. The van der Waals surface area contributed by atoms with Crippen molar-refractivity contribution in [1.82, 2.24) is 9.97 Å². The number of aryl methyl sites for hydroxylation is 2. The summed E-state index contributed by atoms with van der Waals surface area (Å²) in [6.07, 6.45) is 4.12. The maximum absolute atomic E-state index is 5.79. The summed E-state index contributed by atoms with van der Waals surface area (Å²) in [5.74, 6) is 1.57. The molecular weight excluding hydrogens is 254 g/mol. The van der Waals surface area contributed by atoms with Gasteiger partial charge in [-0.25, -0.2) is 9.97 Å². The standard InChI is InChI=1S/C15H23N3O2/c1-11-10-14(17-12(2)16-11)18(3)13-4-6-15(7-5-13)19-8-9-20-15/h10,13H,4-9H2,1-3H3. The Balaban J connectivity index is 1.68. The monoisotopic (exact) mass is 277 g/mol. The first-order valence-electron chi connectivity index (χ1n) is 7.41. The molecule has 2 heterocycles. The molecule has 1 saturated heterocycles. The van der Waals surface area contributed by atoms with Gasteiger partial charge in [0.2, 0.25) is 0 Å². The van der Waals surface area contributed by atoms with Crippen molar-refractivity contribution < 1.29 is 9.47 Å². The largest absolute Gasteiger partial charge is 0.357 e. The van der Waals surface area contributed by atoms with Crippen LogP contribution in [0.3, 0.4) is 0 Å². The van der Waals surface area contributed by atoms with Crippen molar-refractivity contribution in [1.29, 1.82) is 0 Å². The molecule has 1 saturated carbocycles. The molecule has 0 radical (unpaired) electrons. The number of hydrogen-bond donors (Lipinski definition) is 0. The van der Waals surface area contributed by atoms with E-state index in [0.29, 0.717) is 6.04 Å². The van der Waals surface area contributed by atoms with E-state index in [2.05, 4.69) is 28.0 Å². The van der Waals surface area contributed by atoms with Crippen molar-refractivity contribution in [2.24, 2.45) is 0 Å². The highest BCUT2D eigenvalue weighted by molar-refractivity contribution is 5.40. The fraction of sp³-hybridized carbons (Fsp3) is 0.733. The summed E-state index contributed by atoms with van der Waals surface area (Å²) in [5, 5.41) is 0. The van der Waals surface area contributed by atoms with Crippen molar-refractivity contribution in [3.05, 3.63) is 17.6 Å². The molecule has 110 valence electrons. The van der Waals surface area contributed by atoms with E-state index in [4.69, 9.17) is 9.47 Å². The lowest BCUT2D eigenvalue weighted by atomic mass is 9.89. The van der Waals surface area contributed by atoms with Crippen LogP contribution < -0.4 is 4.90 Å². The fourth-order valence-corrected chi connectivity index (χ4v) is 3.28. The summed E-state index contributed by atoms with van der Waals surface area (Å²) >= 11 is 0. The molecule has 20 heavy (non-hydrogen) atoms. The van der Waals surface area contributed by atoms with Crippen molar-refractivity contribution in [3.8, 4) is 0 Å². The second-order valence-electron chi connectivity index (χ2n) is 5.86. The van der Waals surface area contributed by atoms with Gasteiger partial charge in [-0.2, -0.15) is 0 Å². The molecule has 5 nitrogen and oxygen atoms in total. The summed E-state index contributed by atoms with van der Waals surface area (Å²) in [6, 6.07) is 2.56. The lowest BCUT2D eigenvalue weighted by Crippen LogP contribution is -2.43. The summed E-state index contributed by atoms with van der Waals surface area (Å²) in [6.45, 7) is 5.44. The third-order valence-corrected chi connectivity index (χ3v) is 4.39. The van der Waals surface area contributed by atoms with Gasteiger partial charge in [-0.1, -0.05) is 0 Å². The van der Waals surface area contributed by atoms with Gasteiger partial charge in [0.15, 0.2) is 5.79 Å². The molecule has 0 atom stereocenters. The molecular formula is C15H23N3O2. The Labute approximate surface area is 120 Å². The second kappa shape index (κ2) is 5.30. The van der Waals surface area contributed by atoms with Gasteiger partial charge < -0.3 is 14.4 Å². The van der Waals surface area contributed by atoms with Gasteiger partial charge in [-0.3, -0.25) is 0 Å². The second-order valence-corrected chi connectivity index (χ2v) is 5.86. The van der Waals surface area contributed by atoms with Gasteiger partial charge in [-0.15, -0.1) is 0 Å². The molecule has 1 aromatic heterocycles. The Hall–Kier alpha value is -1.20. The van der Waals surface area contributed by atoms with Gasteiger partial charge in [0.05, 0.1) is 13.2 Å². The molecule has 0 aromatic carbocycles. The van der Waals surface area contributed by atoms with Gasteiger partial charge in [0, 0.05) is 37.7 Å². The summed E-state index contributed by atoms with van der Waals surface area (Å²) in [4.78, 5) is 11.2. The Morgan fingerprint density at radius 2 is 1.80 bits per heavy atom. The summed E-state index contributed by atoms with van der Waals surface area (Å²) in [7, 11) is 2.13. The average molecular weight is 277 g/mol. The van der Waals surface area contributed by atoms with Crippen LogP contribution in [0.5, 0.6) is 0 Å². The third-order valence-electron chi connectivity index (χ3n) is 4.39. The van der Waals surface area contributed by atoms with Gasteiger partial charge in [0.25, 0.3) is 0 Å². The van der Waals surface area contributed by atoms with E-state index in [-0.39, 0.29) is 5.79 Å². The molecule has 2 aliphatic rings. The normalized spacial score (nSPS) is 22.4. The lowest BCUT2D eigenvalue weighted by Gasteiger charge is -2.39. The molecule has 1 aromatic rings. The molecule has 0 unspecified atom stereocenters. The smallest absolute Gasteiger partial charge is 0.168 e. The van der Waals surface area contributed by atoms with E-state index >= 15 is 0 Å². The van der Waals surface area contributed by atoms with Crippen molar-refractivity contribution in [3.63, 3.8) is 0 Å². The number of rotatable bonds is 2. The predicted molar refractivity (Wildman–Crippen MR) is 76.8 cm³/mol. The van der Waals surface area contributed by atoms with Crippen LogP contribution in [0, 0.1) is 13.8 Å². The Kier molecular flexibility index (Phi) is 3.65. The molecule has 0 amide bonds. The predicted octanol–water partition coefficient (Wildman–Crippen LogP) is 2.22. The number of anilines is 1. The van der Waals surface area contributed by atoms with E-state index in [1.54, 1.807) is 0 Å². The van der Waals surface area contributed by atoms with E-state index in [0.717, 1.165) is 56.2 Å². The summed E-state index contributed by atoms with van der Waals surface area (Å²) in [5.41, 5.74) is 1.02. The zero-order valence-electron chi connectivity index (χ0n) is 12.6. The number of aromatic nitrogens is 2. The van der Waals surface area contributed by atoms with Crippen LogP contribution >= 0.6 is 0 Å². The maximum atomic E-state index is 5.79. The zero-order valence-corrected chi connectivity index (χ0v) is 12.6. The first-order chi connectivity index (χ1) is 9.58. The average Bonchev–Trinajstić information content (AvgIpc) is 2.86. The van der Waals surface area contributed by atoms with Crippen LogP contribution in [0.1, 0.15) is 37.2 Å². The quantitative estimate of drug-likeness (QED) is 0.829. The minimum Gasteiger partial charge on any atom is -0.357 e. The van der Waals surface area contributed by atoms with Crippen molar-refractivity contribution >= 4 is 5.82 Å². The van der Waals surface area contributed by atoms with E-state index in [9.17, 15) is 0 Å². The minimum absolute atomic E-state index is 0.283. The highest BCUT2D eigenvalue weighted by Crippen LogP contribution is 2.37. The Morgan fingerprint density at radius 3 is 2.40 bits per heavy atom. The molecule has 0 bridgehead atoms. The van der Waals surface area contributed by atoms with Gasteiger partial charge in [-0.05, 0) is 26.7 Å². The molecule has 1 aliphatic carbocycles. The Bertz CT molecular complexity index is 456. The lowest BCUT2D eigenvalue weighted by molar-refractivity contribution is -0.178. The van der Waals surface area contributed by atoms with Crippen molar-refractivity contribution in [2.75, 3.05) is 25.2 Å². The highest BCUT2D eigenvalue weighted by Gasteiger charge is 2.41. The SMILES string of the molecule is Cc1cc(N(C)C2CCC3(CC2)OCCO3)nc(C)n1. The fourth-order valence-electron chi connectivity index (χ4n) is 3.28. The third kappa shape index (κ3) is 2.65. The first kappa shape index (κ1) is 13.8. The molecule has 2 fully saturated rings. The van der Waals surface area contributed by atoms with Gasteiger partial charge in [0.1, 0.15) is 11.6 Å². The minimum atomic E-state index is -0.283. The van der Waals surface area contributed by atoms with E-state index in [1.807, 2.05) is 13.8 Å². The Morgan fingerprint density at radius 1 is 1.15 bits per heavy atom. The van der Waals surface area contributed by atoms with E-state index < -0.39 is 0 Å². The van der Waals surface area contributed by atoms with E-state index in [1.165, 1.54) is 0 Å². The molecule has 0 N–H and O–H groups in total. The molecule has 5 heteroatoms. The topological polar surface area (TPSA) is 47.5 Å². The van der Waals surface area contributed by atoms with Crippen molar-refractivity contribution in [2.45, 2.75) is 51.4 Å². The van der Waals surface area contributed by atoms with Crippen LogP contribution in [-0.4, -0.2) is 42.1 Å². The van der Waals surface area contributed by atoms with Gasteiger partial charge >= 0.3 is 0 Å². The van der Waals surface area contributed by atoms with Crippen LogP contribution in [0.4, 0.5) is 5.82 Å². The molecule has 1 aliphatic heterocycles. The molecule has 1 spiro atoms. The van der Waals surface area contributed by atoms with Crippen LogP contribution in [0.2, 0.25) is 0 Å². The zero-order chi connectivity index (χ0) is 14.2. The number of nitrogens with zero attached hydrogens (tertiary/aromatic N) is 3. The van der Waals surface area contributed by atoms with Crippen LogP contribution in [0.25, 0.3) is 0 Å². The van der Waals surface area contributed by atoms with Crippen LogP contribution in [0.15, 0.2) is 6.07 Å². The number of ether oxygens (including phenoxy) is 2. The van der Waals surface area contributed by atoms with Crippen LogP contribution in [-0.2, 0) is 9.47 Å². The first-order valence-corrected chi connectivity index (χ1v) is 7.41.